The van der Waals surface area contributed by atoms with Gasteiger partial charge in [0.1, 0.15) is 0 Å². The van der Waals surface area contributed by atoms with Crippen molar-refractivity contribution < 1.29 is 13.2 Å². The van der Waals surface area contributed by atoms with Gasteiger partial charge >= 0.3 is 0 Å². The van der Waals surface area contributed by atoms with Crippen molar-refractivity contribution in [2.45, 2.75) is 37.9 Å². The van der Waals surface area contributed by atoms with E-state index < -0.39 is 14.6 Å². The number of rotatable bonds is 9. The Morgan fingerprint density at radius 2 is 2.00 bits per heavy atom. The molecule has 0 saturated heterocycles. The van der Waals surface area contributed by atoms with E-state index in [9.17, 15) is 8.42 Å². The lowest BCUT2D eigenvalue weighted by Crippen LogP contribution is -2.47. The number of aliphatic imine (C=N–C) groups is 1. The van der Waals surface area contributed by atoms with Crippen molar-refractivity contribution in [3.8, 4) is 0 Å². The first kappa shape index (κ1) is 18.2. The molecule has 1 aliphatic rings. The lowest BCUT2D eigenvalue weighted by atomic mass is 10.2. The van der Waals surface area contributed by atoms with Gasteiger partial charge in [0.25, 0.3) is 0 Å². The number of nitrogens with zero attached hydrogens (tertiary/aromatic N) is 1. The summed E-state index contributed by atoms with van der Waals surface area (Å²) >= 11 is 0. The molecule has 0 aromatic rings. The van der Waals surface area contributed by atoms with Crippen LogP contribution in [0.15, 0.2) is 4.99 Å². The lowest BCUT2D eigenvalue weighted by Gasteiger charge is -2.24. The normalized spacial score (nSPS) is 16.9. The summed E-state index contributed by atoms with van der Waals surface area (Å²) in [5, 5.41) is 6.22. The highest BCUT2D eigenvalue weighted by Crippen LogP contribution is 2.28. The van der Waals surface area contributed by atoms with Gasteiger partial charge in [0, 0.05) is 39.6 Å². The van der Waals surface area contributed by atoms with Crippen LogP contribution in [0.2, 0.25) is 0 Å². The predicted molar refractivity (Wildman–Crippen MR) is 86.4 cm³/mol. The molecule has 0 amide bonds. The van der Waals surface area contributed by atoms with Gasteiger partial charge in [0.15, 0.2) is 15.8 Å². The second-order valence-electron chi connectivity index (χ2n) is 6.26. The average molecular weight is 319 g/mol. The molecule has 7 heteroatoms. The lowest BCUT2D eigenvalue weighted by molar-refractivity contribution is 0.123. The van der Waals surface area contributed by atoms with Gasteiger partial charge in [-0.05, 0) is 39.0 Å². The number of ether oxygens (including phenoxy) is 1. The number of sulfone groups is 1. The van der Waals surface area contributed by atoms with Crippen LogP contribution in [0, 0.1) is 5.92 Å². The van der Waals surface area contributed by atoms with Crippen LogP contribution >= 0.6 is 0 Å². The largest absolute Gasteiger partial charge is 0.381 e. The Bertz CT molecular complexity index is 442. The minimum Gasteiger partial charge on any atom is -0.381 e. The zero-order valence-electron chi connectivity index (χ0n) is 13.6. The smallest absolute Gasteiger partial charge is 0.191 e. The summed E-state index contributed by atoms with van der Waals surface area (Å²) in [6.07, 6.45) is 4.78. The molecule has 0 heterocycles. The molecule has 1 aliphatic carbocycles. The summed E-state index contributed by atoms with van der Waals surface area (Å²) in [7, 11) is -1.43. The van der Waals surface area contributed by atoms with Crippen molar-refractivity contribution in [2.75, 3.05) is 39.6 Å². The zero-order chi connectivity index (χ0) is 15.9. The molecular formula is C14H29N3O3S. The average Bonchev–Trinajstić information content (AvgIpc) is 3.19. The SMILES string of the molecule is CN=C(NCCCOCC1CC1)NCC(C)(C)S(C)(=O)=O. The fourth-order valence-corrected chi connectivity index (χ4v) is 1.90. The third-order valence-corrected chi connectivity index (χ3v) is 5.87. The number of guanidine groups is 1. The number of hydrogen-bond donors (Lipinski definition) is 2. The van der Waals surface area contributed by atoms with Crippen LogP contribution in [0.5, 0.6) is 0 Å². The Hall–Kier alpha value is -0.820. The first-order chi connectivity index (χ1) is 9.76. The molecule has 21 heavy (non-hydrogen) atoms. The van der Waals surface area contributed by atoms with Gasteiger partial charge in [-0.3, -0.25) is 4.99 Å². The molecule has 0 bridgehead atoms. The van der Waals surface area contributed by atoms with Gasteiger partial charge in [-0.2, -0.15) is 0 Å². The summed E-state index contributed by atoms with van der Waals surface area (Å²) in [5.74, 6) is 1.42. The van der Waals surface area contributed by atoms with Gasteiger partial charge in [0.05, 0.1) is 4.75 Å². The highest BCUT2D eigenvalue weighted by molar-refractivity contribution is 7.92. The highest BCUT2D eigenvalue weighted by atomic mass is 32.2. The van der Waals surface area contributed by atoms with Gasteiger partial charge < -0.3 is 15.4 Å². The molecule has 0 aromatic heterocycles. The Morgan fingerprint density at radius 1 is 1.33 bits per heavy atom. The van der Waals surface area contributed by atoms with Gasteiger partial charge in [-0.1, -0.05) is 0 Å². The van der Waals surface area contributed by atoms with Crippen molar-refractivity contribution >= 4 is 15.8 Å². The van der Waals surface area contributed by atoms with Crippen molar-refractivity contribution in [1.29, 1.82) is 0 Å². The first-order valence-electron chi connectivity index (χ1n) is 7.48. The second-order valence-corrected chi connectivity index (χ2v) is 8.91. The van der Waals surface area contributed by atoms with Crippen LogP contribution in [-0.2, 0) is 14.6 Å². The van der Waals surface area contributed by atoms with E-state index >= 15 is 0 Å². The van der Waals surface area contributed by atoms with Crippen molar-refractivity contribution in [3.63, 3.8) is 0 Å². The second kappa shape index (κ2) is 7.98. The Balaban J connectivity index is 2.16. The van der Waals surface area contributed by atoms with Gasteiger partial charge in [-0.15, -0.1) is 0 Å². The molecule has 0 unspecified atom stereocenters. The standard InChI is InChI=1S/C14H29N3O3S/c1-14(2,21(4,18)19)11-17-13(15-3)16-8-5-9-20-10-12-6-7-12/h12H,5-11H2,1-4H3,(H2,15,16,17). The molecule has 1 fully saturated rings. The summed E-state index contributed by atoms with van der Waals surface area (Å²) in [6.45, 7) is 6.11. The van der Waals surface area contributed by atoms with E-state index in [2.05, 4.69) is 15.6 Å². The van der Waals surface area contributed by atoms with E-state index in [-0.39, 0.29) is 0 Å². The van der Waals surface area contributed by atoms with Crippen LogP contribution in [0.25, 0.3) is 0 Å². The fourth-order valence-electron chi connectivity index (χ4n) is 1.56. The summed E-state index contributed by atoms with van der Waals surface area (Å²) in [5.41, 5.74) is 0. The molecule has 0 spiro atoms. The van der Waals surface area contributed by atoms with E-state index in [1.807, 2.05) is 0 Å². The van der Waals surface area contributed by atoms with Crippen molar-refractivity contribution in [3.05, 3.63) is 0 Å². The monoisotopic (exact) mass is 319 g/mol. The molecule has 2 N–H and O–H groups in total. The molecule has 1 saturated carbocycles. The van der Waals surface area contributed by atoms with E-state index in [0.717, 1.165) is 32.1 Å². The summed E-state index contributed by atoms with van der Waals surface area (Å²) in [6, 6.07) is 0. The molecular weight excluding hydrogens is 290 g/mol. The fraction of sp³-hybridized carbons (Fsp3) is 0.929. The first-order valence-corrected chi connectivity index (χ1v) is 9.37. The highest BCUT2D eigenvalue weighted by Gasteiger charge is 2.30. The minimum absolute atomic E-state index is 0.323. The van der Waals surface area contributed by atoms with E-state index in [4.69, 9.17) is 4.74 Å². The number of nitrogens with one attached hydrogen (secondary N) is 2. The van der Waals surface area contributed by atoms with Crippen LogP contribution < -0.4 is 10.6 Å². The molecule has 0 radical (unpaired) electrons. The maximum atomic E-state index is 11.6. The van der Waals surface area contributed by atoms with E-state index in [0.29, 0.717) is 12.5 Å². The molecule has 6 nitrogen and oxygen atoms in total. The Labute approximate surface area is 128 Å². The third-order valence-electron chi connectivity index (χ3n) is 3.72. The quantitative estimate of drug-likeness (QED) is 0.373. The maximum Gasteiger partial charge on any atom is 0.191 e. The number of hydrogen-bond acceptors (Lipinski definition) is 4. The molecule has 0 atom stereocenters. The minimum atomic E-state index is -3.11. The maximum absolute atomic E-state index is 11.6. The van der Waals surface area contributed by atoms with Crippen LogP contribution in [0.1, 0.15) is 33.1 Å². The Kier molecular flexibility index (Phi) is 6.93. The van der Waals surface area contributed by atoms with Crippen molar-refractivity contribution in [1.82, 2.24) is 10.6 Å². The predicted octanol–water partition coefficient (Wildman–Crippen LogP) is 0.791. The van der Waals surface area contributed by atoms with E-state index in [1.165, 1.54) is 19.1 Å². The zero-order valence-corrected chi connectivity index (χ0v) is 14.4. The van der Waals surface area contributed by atoms with Gasteiger partial charge in [-0.25, -0.2) is 8.42 Å². The van der Waals surface area contributed by atoms with Gasteiger partial charge in [0.2, 0.25) is 0 Å². The molecule has 124 valence electrons. The molecule has 0 aromatic carbocycles. The molecule has 0 aliphatic heterocycles. The van der Waals surface area contributed by atoms with Crippen LogP contribution in [0.4, 0.5) is 0 Å². The topological polar surface area (TPSA) is 79.8 Å². The summed E-state index contributed by atoms with van der Waals surface area (Å²) < 4.78 is 28.0. The van der Waals surface area contributed by atoms with Crippen LogP contribution in [0.3, 0.4) is 0 Å². The third kappa shape index (κ3) is 7.13. The Morgan fingerprint density at radius 3 is 2.52 bits per heavy atom. The molecule has 1 rings (SSSR count). The van der Waals surface area contributed by atoms with Crippen molar-refractivity contribution in [2.24, 2.45) is 10.9 Å². The van der Waals surface area contributed by atoms with Crippen LogP contribution in [-0.4, -0.2) is 58.7 Å². The summed E-state index contributed by atoms with van der Waals surface area (Å²) in [4.78, 5) is 4.09. The van der Waals surface area contributed by atoms with E-state index in [1.54, 1.807) is 20.9 Å².